The SMILES string of the molecule is Cc1ccc(-c2nc(N)nc(N(N)Cc3cccc(CO)n3)c2N)o1. The monoisotopic (exact) mass is 341 g/mol. The summed E-state index contributed by atoms with van der Waals surface area (Å²) in [5.41, 5.74) is 13.8. The third-order valence-electron chi connectivity index (χ3n) is 3.55. The Morgan fingerprint density at radius 2 is 1.84 bits per heavy atom. The first-order valence-electron chi connectivity index (χ1n) is 7.55. The van der Waals surface area contributed by atoms with Crippen molar-refractivity contribution in [3.05, 3.63) is 47.5 Å². The van der Waals surface area contributed by atoms with Crippen LogP contribution in [0.15, 0.2) is 34.7 Å². The molecular formula is C16H19N7O2. The van der Waals surface area contributed by atoms with Gasteiger partial charge in [-0.2, -0.15) is 4.98 Å². The second-order valence-corrected chi connectivity index (χ2v) is 5.48. The second-order valence-electron chi connectivity index (χ2n) is 5.48. The number of aliphatic hydroxyl groups is 1. The fraction of sp³-hybridized carbons (Fsp3) is 0.188. The van der Waals surface area contributed by atoms with Crippen molar-refractivity contribution in [2.24, 2.45) is 5.84 Å². The molecule has 7 N–H and O–H groups in total. The van der Waals surface area contributed by atoms with Gasteiger partial charge in [-0.1, -0.05) is 6.07 Å². The molecule has 3 aromatic heterocycles. The smallest absolute Gasteiger partial charge is 0.222 e. The number of hydrogen-bond acceptors (Lipinski definition) is 9. The highest BCUT2D eigenvalue weighted by Gasteiger charge is 2.18. The number of hydrogen-bond donors (Lipinski definition) is 4. The first-order valence-corrected chi connectivity index (χ1v) is 7.55. The van der Waals surface area contributed by atoms with E-state index in [4.69, 9.17) is 21.7 Å². The largest absolute Gasteiger partial charge is 0.460 e. The Morgan fingerprint density at radius 3 is 2.52 bits per heavy atom. The molecule has 25 heavy (non-hydrogen) atoms. The lowest BCUT2D eigenvalue weighted by Gasteiger charge is -2.20. The number of pyridine rings is 1. The van der Waals surface area contributed by atoms with Gasteiger partial charge < -0.3 is 21.0 Å². The molecule has 0 saturated heterocycles. The van der Waals surface area contributed by atoms with E-state index in [0.29, 0.717) is 22.8 Å². The maximum Gasteiger partial charge on any atom is 0.222 e. The van der Waals surface area contributed by atoms with Gasteiger partial charge in [0, 0.05) is 0 Å². The summed E-state index contributed by atoms with van der Waals surface area (Å²) in [6.45, 7) is 1.90. The van der Waals surface area contributed by atoms with Crippen LogP contribution in [0.3, 0.4) is 0 Å². The number of aliphatic hydroxyl groups excluding tert-OH is 1. The van der Waals surface area contributed by atoms with Crippen molar-refractivity contribution in [2.75, 3.05) is 16.5 Å². The topological polar surface area (TPSA) is 153 Å². The highest BCUT2D eigenvalue weighted by atomic mass is 16.3. The van der Waals surface area contributed by atoms with Gasteiger partial charge in [-0.3, -0.25) is 9.99 Å². The molecule has 0 aliphatic carbocycles. The molecule has 0 radical (unpaired) electrons. The number of nitrogen functional groups attached to an aromatic ring is 2. The number of hydrazine groups is 1. The van der Waals surface area contributed by atoms with E-state index in [1.54, 1.807) is 30.3 Å². The molecule has 0 saturated carbocycles. The lowest BCUT2D eigenvalue weighted by Crippen LogP contribution is -2.32. The van der Waals surface area contributed by atoms with Crippen LogP contribution in [-0.4, -0.2) is 20.1 Å². The molecule has 0 aromatic carbocycles. The fourth-order valence-corrected chi connectivity index (χ4v) is 2.40. The molecule has 0 unspecified atom stereocenters. The number of nitrogens with zero attached hydrogens (tertiary/aromatic N) is 4. The third-order valence-corrected chi connectivity index (χ3v) is 3.55. The standard InChI is InChI=1S/C16H19N7O2/c1-9-5-6-12(25-9)14-13(17)15(22-16(18)21-14)23(19)7-10-3-2-4-11(8-24)20-10/h2-6,24H,7-8,17,19H2,1H3,(H2,18,21,22). The molecule has 3 rings (SSSR count). The minimum absolute atomic E-state index is 0.0285. The Labute approximate surface area is 144 Å². The van der Waals surface area contributed by atoms with Crippen LogP contribution in [0, 0.1) is 6.92 Å². The van der Waals surface area contributed by atoms with Gasteiger partial charge in [0.1, 0.15) is 17.1 Å². The van der Waals surface area contributed by atoms with Gasteiger partial charge in [-0.25, -0.2) is 10.8 Å². The van der Waals surface area contributed by atoms with Crippen LogP contribution in [0.1, 0.15) is 17.1 Å². The van der Waals surface area contributed by atoms with Gasteiger partial charge in [-0.05, 0) is 31.2 Å². The van der Waals surface area contributed by atoms with Crippen molar-refractivity contribution in [2.45, 2.75) is 20.1 Å². The van der Waals surface area contributed by atoms with Gasteiger partial charge in [0.15, 0.2) is 11.6 Å². The van der Waals surface area contributed by atoms with Crippen LogP contribution in [0.25, 0.3) is 11.5 Å². The summed E-state index contributed by atoms with van der Waals surface area (Å²) in [7, 11) is 0. The molecule has 0 aliphatic rings. The van der Waals surface area contributed by atoms with E-state index < -0.39 is 0 Å². The molecule has 0 spiro atoms. The molecule has 0 aliphatic heterocycles. The first kappa shape index (κ1) is 16.7. The average Bonchev–Trinajstić information content (AvgIpc) is 3.03. The van der Waals surface area contributed by atoms with Crippen LogP contribution in [0.2, 0.25) is 0 Å². The second kappa shape index (κ2) is 6.75. The summed E-state index contributed by atoms with van der Waals surface area (Å²) in [6, 6.07) is 8.85. The van der Waals surface area contributed by atoms with E-state index in [1.165, 1.54) is 5.01 Å². The van der Waals surface area contributed by atoms with Crippen molar-refractivity contribution in [3.63, 3.8) is 0 Å². The van der Waals surface area contributed by atoms with E-state index in [0.717, 1.165) is 5.76 Å². The highest BCUT2D eigenvalue weighted by Crippen LogP contribution is 2.32. The number of aromatic nitrogens is 3. The summed E-state index contributed by atoms with van der Waals surface area (Å²) in [5, 5.41) is 10.5. The van der Waals surface area contributed by atoms with Crippen LogP contribution < -0.4 is 22.3 Å². The molecule has 130 valence electrons. The van der Waals surface area contributed by atoms with Crippen molar-refractivity contribution in [1.29, 1.82) is 0 Å². The zero-order valence-corrected chi connectivity index (χ0v) is 13.7. The summed E-state index contributed by atoms with van der Waals surface area (Å²) in [5.74, 6) is 7.62. The molecule has 0 atom stereocenters. The van der Waals surface area contributed by atoms with E-state index in [2.05, 4.69) is 15.0 Å². The predicted octanol–water partition coefficient (Wildman–Crippen LogP) is 0.977. The Kier molecular flexibility index (Phi) is 4.50. The summed E-state index contributed by atoms with van der Waals surface area (Å²) in [6.07, 6.45) is 0. The third kappa shape index (κ3) is 3.52. The Hall–Kier alpha value is -3.17. The van der Waals surface area contributed by atoms with Crippen molar-refractivity contribution in [3.8, 4) is 11.5 Å². The minimum atomic E-state index is -0.150. The van der Waals surface area contributed by atoms with Crippen molar-refractivity contribution >= 4 is 17.5 Å². The zero-order valence-electron chi connectivity index (χ0n) is 13.7. The predicted molar refractivity (Wildman–Crippen MR) is 93.8 cm³/mol. The number of anilines is 3. The van der Waals surface area contributed by atoms with Gasteiger partial charge in [0.05, 0.1) is 24.5 Å². The molecule has 3 aromatic rings. The van der Waals surface area contributed by atoms with Crippen molar-refractivity contribution in [1.82, 2.24) is 15.0 Å². The molecule has 9 heteroatoms. The molecule has 0 bridgehead atoms. The molecule has 0 amide bonds. The van der Waals surface area contributed by atoms with E-state index >= 15 is 0 Å². The number of nitrogens with two attached hydrogens (primary N) is 3. The first-order chi connectivity index (χ1) is 12.0. The van der Waals surface area contributed by atoms with Gasteiger partial charge in [0.25, 0.3) is 0 Å². The number of aryl methyl sites for hydroxylation is 1. The maximum atomic E-state index is 9.18. The average molecular weight is 341 g/mol. The normalized spacial score (nSPS) is 10.8. The van der Waals surface area contributed by atoms with Gasteiger partial charge in [0.2, 0.25) is 5.95 Å². The van der Waals surface area contributed by atoms with Crippen LogP contribution in [-0.2, 0) is 13.2 Å². The fourth-order valence-electron chi connectivity index (χ4n) is 2.40. The van der Waals surface area contributed by atoms with E-state index in [-0.39, 0.29) is 30.6 Å². The van der Waals surface area contributed by atoms with Crippen LogP contribution in [0.4, 0.5) is 17.5 Å². The summed E-state index contributed by atoms with van der Waals surface area (Å²) >= 11 is 0. The zero-order chi connectivity index (χ0) is 18.0. The molecular weight excluding hydrogens is 322 g/mol. The summed E-state index contributed by atoms with van der Waals surface area (Å²) in [4.78, 5) is 12.6. The molecule has 0 fully saturated rings. The number of rotatable bonds is 5. The summed E-state index contributed by atoms with van der Waals surface area (Å²) < 4.78 is 5.56. The highest BCUT2D eigenvalue weighted by molar-refractivity contribution is 5.79. The van der Waals surface area contributed by atoms with Crippen LogP contribution >= 0.6 is 0 Å². The maximum absolute atomic E-state index is 9.18. The number of furan rings is 1. The van der Waals surface area contributed by atoms with E-state index in [9.17, 15) is 5.11 Å². The lowest BCUT2D eigenvalue weighted by molar-refractivity contribution is 0.276. The Morgan fingerprint density at radius 1 is 1.08 bits per heavy atom. The molecule has 3 heterocycles. The molecule has 9 nitrogen and oxygen atoms in total. The van der Waals surface area contributed by atoms with E-state index in [1.807, 2.05) is 6.92 Å². The van der Waals surface area contributed by atoms with Gasteiger partial charge >= 0.3 is 0 Å². The Balaban J connectivity index is 1.94. The quantitative estimate of drug-likeness (QED) is 0.392. The Bertz CT molecular complexity index is 894. The van der Waals surface area contributed by atoms with Gasteiger partial charge in [-0.15, -0.1) is 0 Å². The van der Waals surface area contributed by atoms with Crippen molar-refractivity contribution < 1.29 is 9.52 Å². The minimum Gasteiger partial charge on any atom is -0.460 e. The van der Waals surface area contributed by atoms with Crippen LogP contribution in [0.5, 0.6) is 0 Å². The lowest BCUT2D eigenvalue weighted by atomic mass is 10.2.